The van der Waals surface area contributed by atoms with Gasteiger partial charge in [-0.3, -0.25) is 0 Å². The van der Waals surface area contributed by atoms with Gasteiger partial charge in [-0.25, -0.2) is 4.31 Å². The zero-order chi connectivity index (χ0) is 8.85. The fourth-order valence-corrected chi connectivity index (χ4v) is 1.95. The lowest BCUT2D eigenvalue weighted by Crippen LogP contribution is -2.29. The maximum Gasteiger partial charge on any atom is 0.0171 e. The molecule has 0 fully saturated rings. The predicted octanol–water partition coefficient (Wildman–Crippen LogP) is 3.02. The molecule has 0 saturated carbocycles. The minimum atomic E-state index is 0.715. The molecular formula is C9H21NS. The molecule has 1 unspecified atom stereocenters. The minimum Gasteiger partial charge on any atom is -0.248 e. The molecule has 0 heterocycles. The summed E-state index contributed by atoms with van der Waals surface area (Å²) in [7, 11) is 0. The van der Waals surface area contributed by atoms with Crippen LogP contribution in [-0.4, -0.2) is 23.1 Å². The first-order valence-corrected chi connectivity index (χ1v) is 5.60. The molecule has 0 aliphatic heterocycles. The van der Waals surface area contributed by atoms with Crippen LogP contribution < -0.4 is 0 Å². The lowest BCUT2D eigenvalue weighted by atomic mass is 10.2. The monoisotopic (exact) mass is 175 g/mol. The Labute approximate surface area is 75.7 Å². The standard InChI is InChI=1S/C9H21NS/c1-6-9(4)10(11-5)7-8(2)3/h8-9H,6-7H2,1-5H3. The molecule has 0 N–H and O–H groups in total. The van der Waals surface area contributed by atoms with Gasteiger partial charge in [0.1, 0.15) is 0 Å². The van der Waals surface area contributed by atoms with E-state index in [2.05, 4.69) is 38.3 Å². The summed E-state index contributed by atoms with van der Waals surface area (Å²) < 4.78 is 2.46. The van der Waals surface area contributed by atoms with Gasteiger partial charge in [0.2, 0.25) is 0 Å². The second-order valence-electron chi connectivity index (χ2n) is 3.43. The molecule has 0 amide bonds. The third-order valence-corrected chi connectivity index (χ3v) is 2.84. The molecule has 0 bridgehead atoms. The summed E-state index contributed by atoms with van der Waals surface area (Å²) in [5, 5.41) is 0. The van der Waals surface area contributed by atoms with Crippen LogP contribution in [0.5, 0.6) is 0 Å². The molecule has 68 valence electrons. The summed E-state index contributed by atoms with van der Waals surface area (Å²) >= 11 is 1.86. The Balaban J connectivity index is 3.74. The Kier molecular flexibility index (Phi) is 6.06. The van der Waals surface area contributed by atoms with Gasteiger partial charge < -0.3 is 0 Å². The lowest BCUT2D eigenvalue weighted by molar-refractivity contribution is 0.328. The summed E-state index contributed by atoms with van der Waals surface area (Å²) in [5.41, 5.74) is 0. The van der Waals surface area contributed by atoms with Crippen molar-refractivity contribution in [2.75, 3.05) is 12.8 Å². The van der Waals surface area contributed by atoms with Crippen LogP contribution in [0.25, 0.3) is 0 Å². The number of rotatable bonds is 5. The van der Waals surface area contributed by atoms with Gasteiger partial charge in [-0.15, -0.1) is 0 Å². The summed E-state index contributed by atoms with van der Waals surface area (Å²) in [5.74, 6) is 0.774. The summed E-state index contributed by atoms with van der Waals surface area (Å²) in [6.07, 6.45) is 3.40. The molecule has 1 nitrogen and oxygen atoms in total. The molecule has 0 aliphatic carbocycles. The van der Waals surface area contributed by atoms with Gasteiger partial charge in [0.05, 0.1) is 0 Å². The molecule has 0 rings (SSSR count). The first kappa shape index (κ1) is 11.3. The maximum atomic E-state index is 2.46. The van der Waals surface area contributed by atoms with E-state index in [1.54, 1.807) is 0 Å². The van der Waals surface area contributed by atoms with Crippen molar-refractivity contribution in [3.8, 4) is 0 Å². The van der Waals surface area contributed by atoms with Crippen LogP contribution in [0.4, 0.5) is 0 Å². The molecule has 1 atom stereocenters. The average molecular weight is 175 g/mol. The molecule has 0 aromatic heterocycles. The van der Waals surface area contributed by atoms with Gasteiger partial charge in [-0.2, -0.15) is 0 Å². The molecule has 0 aromatic rings. The van der Waals surface area contributed by atoms with Gasteiger partial charge in [0.15, 0.2) is 0 Å². The molecule has 0 aliphatic rings. The van der Waals surface area contributed by atoms with Gasteiger partial charge in [0, 0.05) is 12.6 Å². The van der Waals surface area contributed by atoms with Crippen LogP contribution in [0, 0.1) is 5.92 Å². The summed E-state index contributed by atoms with van der Waals surface area (Å²) in [6, 6.07) is 0.715. The van der Waals surface area contributed by atoms with Crippen molar-refractivity contribution >= 4 is 11.9 Å². The highest BCUT2D eigenvalue weighted by atomic mass is 32.2. The van der Waals surface area contributed by atoms with Gasteiger partial charge in [-0.05, 0) is 25.5 Å². The normalized spacial score (nSPS) is 14.5. The van der Waals surface area contributed by atoms with Gasteiger partial charge in [-0.1, -0.05) is 32.7 Å². The molecule has 0 radical (unpaired) electrons. The van der Waals surface area contributed by atoms with Crippen molar-refractivity contribution in [1.82, 2.24) is 4.31 Å². The predicted molar refractivity (Wildman–Crippen MR) is 54.8 cm³/mol. The van der Waals surface area contributed by atoms with Crippen molar-refractivity contribution in [2.24, 2.45) is 5.92 Å². The van der Waals surface area contributed by atoms with E-state index in [-0.39, 0.29) is 0 Å². The van der Waals surface area contributed by atoms with E-state index in [0.717, 1.165) is 5.92 Å². The zero-order valence-corrected chi connectivity index (χ0v) is 9.24. The molecule has 0 saturated heterocycles. The van der Waals surface area contributed by atoms with Crippen molar-refractivity contribution in [1.29, 1.82) is 0 Å². The first-order valence-electron chi connectivity index (χ1n) is 4.42. The third-order valence-electron chi connectivity index (χ3n) is 1.86. The quantitative estimate of drug-likeness (QED) is 0.591. The van der Waals surface area contributed by atoms with Crippen molar-refractivity contribution in [3.63, 3.8) is 0 Å². The van der Waals surface area contributed by atoms with E-state index < -0.39 is 0 Å². The van der Waals surface area contributed by atoms with Crippen LogP contribution in [0.15, 0.2) is 0 Å². The SMILES string of the molecule is CCC(C)N(CC(C)C)SC. The van der Waals surface area contributed by atoms with E-state index in [0.29, 0.717) is 6.04 Å². The van der Waals surface area contributed by atoms with Crippen LogP contribution in [0.1, 0.15) is 34.1 Å². The summed E-state index contributed by atoms with van der Waals surface area (Å²) in [4.78, 5) is 0. The fraction of sp³-hybridized carbons (Fsp3) is 1.00. The molecule has 11 heavy (non-hydrogen) atoms. The number of nitrogens with zero attached hydrogens (tertiary/aromatic N) is 1. The Morgan fingerprint density at radius 1 is 1.27 bits per heavy atom. The van der Waals surface area contributed by atoms with E-state index in [4.69, 9.17) is 0 Å². The Bertz CT molecular complexity index is 93.6. The van der Waals surface area contributed by atoms with E-state index in [1.807, 2.05) is 11.9 Å². The molecule has 0 aromatic carbocycles. The maximum absolute atomic E-state index is 2.46. The second kappa shape index (κ2) is 5.90. The van der Waals surface area contributed by atoms with Crippen LogP contribution in [-0.2, 0) is 0 Å². The van der Waals surface area contributed by atoms with Crippen molar-refractivity contribution in [2.45, 2.75) is 40.2 Å². The molecule has 0 spiro atoms. The Hall–Kier alpha value is 0.310. The lowest BCUT2D eigenvalue weighted by Gasteiger charge is -2.27. The fourth-order valence-electron chi connectivity index (χ4n) is 0.998. The van der Waals surface area contributed by atoms with Crippen LogP contribution in [0.3, 0.4) is 0 Å². The van der Waals surface area contributed by atoms with Crippen molar-refractivity contribution in [3.05, 3.63) is 0 Å². The highest BCUT2D eigenvalue weighted by Crippen LogP contribution is 2.15. The number of hydrogen-bond donors (Lipinski definition) is 0. The van der Waals surface area contributed by atoms with Crippen molar-refractivity contribution < 1.29 is 0 Å². The highest BCUT2D eigenvalue weighted by Gasteiger charge is 2.11. The smallest absolute Gasteiger partial charge is 0.0171 e. The topological polar surface area (TPSA) is 3.24 Å². The number of hydrogen-bond acceptors (Lipinski definition) is 2. The Morgan fingerprint density at radius 3 is 2.09 bits per heavy atom. The summed E-state index contributed by atoms with van der Waals surface area (Å²) in [6.45, 7) is 10.3. The first-order chi connectivity index (χ1) is 5.11. The van der Waals surface area contributed by atoms with E-state index in [9.17, 15) is 0 Å². The van der Waals surface area contributed by atoms with E-state index >= 15 is 0 Å². The molecular weight excluding hydrogens is 154 g/mol. The zero-order valence-electron chi connectivity index (χ0n) is 8.42. The highest BCUT2D eigenvalue weighted by molar-refractivity contribution is 7.96. The largest absolute Gasteiger partial charge is 0.248 e. The molecule has 2 heteroatoms. The van der Waals surface area contributed by atoms with E-state index in [1.165, 1.54) is 13.0 Å². The third kappa shape index (κ3) is 4.70. The van der Waals surface area contributed by atoms with Gasteiger partial charge >= 0.3 is 0 Å². The second-order valence-corrected chi connectivity index (χ2v) is 4.27. The minimum absolute atomic E-state index is 0.715. The van der Waals surface area contributed by atoms with Crippen LogP contribution >= 0.6 is 11.9 Å². The average Bonchev–Trinajstić information content (AvgIpc) is 1.98. The van der Waals surface area contributed by atoms with Crippen LogP contribution in [0.2, 0.25) is 0 Å². The van der Waals surface area contributed by atoms with Gasteiger partial charge in [0.25, 0.3) is 0 Å². The Morgan fingerprint density at radius 2 is 1.82 bits per heavy atom.